The number of fused-ring (bicyclic) bond motifs is 1. The second kappa shape index (κ2) is 5.59. The van der Waals surface area contributed by atoms with Crippen LogP contribution in [0.3, 0.4) is 0 Å². The maximum Gasteiger partial charge on any atom is 0.186 e. The smallest absolute Gasteiger partial charge is 0.186 e. The zero-order chi connectivity index (χ0) is 15.1. The first kappa shape index (κ1) is 14.1. The number of thiazole rings is 1. The van der Waals surface area contributed by atoms with Gasteiger partial charge >= 0.3 is 0 Å². The van der Waals surface area contributed by atoms with Crippen molar-refractivity contribution >= 4 is 38.4 Å². The van der Waals surface area contributed by atoms with E-state index in [2.05, 4.69) is 52.0 Å². The van der Waals surface area contributed by atoms with Crippen molar-refractivity contribution in [3.63, 3.8) is 0 Å². The van der Waals surface area contributed by atoms with Crippen LogP contribution in [0.5, 0.6) is 0 Å². The fourth-order valence-corrected chi connectivity index (χ4v) is 4.57. The molecule has 1 fully saturated rings. The molecule has 0 N–H and O–H groups in total. The van der Waals surface area contributed by atoms with Gasteiger partial charge in [-0.15, -0.1) is 11.8 Å². The highest BCUT2D eigenvalue weighted by Crippen LogP contribution is 2.36. The fraction of sp³-hybridized carbons (Fsp3) is 0.375. The van der Waals surface area contributed by atoms with E-state index in [1.165, 1.54) is 9.60 Å². The lowest BCUT2D eigenvalue weighted by molar-refractivity contribution is 0.354. The summed E-state index contributed by atoms with van der Waals surface area (Å²) in [6.45, 7) is 5.30. The third-order valence-electron chi connectivity index (χ3n) is 4.20. The Labute approximate surface area is 138 Å². The van der Waals surface area contributed by atoms with Crippen LogP contribution in [-0.4, -0.2) is 33.9 Å². The Kier molecular flexibility index (Phi) is 3.58. The van der Waals surface area contributed by atoms with Crippen LogP contribution in [0.25, 0.3) is 10.2 Å². The second-order valence-electron chi connectivity index (χ2n) is 5.70. The number of benzene rings is 1. The average molecular weight is 330 g/mol. The number of anilines is 1. The lowest BCUT2D eigenvalue weighted by Crippen LogP contribution is -2.48. The number of nitrogens with zero attached hydrogens (tertiary/aromatic N) is 4. The van der Waals surface area contributed by atoms with Gasteiger partial charge in [-0.1, -0.05) is 17.4 Å². The summed E-state index contributed by atoms with van der Waals surface area (Å²) in [5.74, 6) is 1.79. The Bertz CT molecular complexity index is 801. The van der Waals surface area contributed by atoms with E-state index in [9.17, 15) is 0 Å². The van der Waals surface area contributed by atoms with E-state index in [0.29, 0.717) is 5.92 Å². The van der Waals surface area contributed by atoms with Gasteiger partial charge in [0.15, 0.2) is 5.13 Å². The molecule has 1 aromatic carbocycles. The van der Waals surface area contributed by atoms with E-state index < -0.39 is 0 Å². The van der Waals surface area contributed by atoms with Crippen molar-refractivity contribution in [2.24, 2.45) is 5.92 Å². The van der Waals surface area contributed by atoms with Crippen molar-refractivity contribution in [2.75, 3.05) is 24.2 Å². The number of aryl methyl sites for hydroxylation is 1. The number of rotatable bonds is 4. The first-order chi connectivity index (χ1) is 10.7. The highest BCUT2D eigenvalue weighted by atomic mass is 32.2. The molecule has 0 spiro atoms. The molecule has 0 unspecified atom stereocenters. The SMILES string of the molecule is CSc1cccc2sc(N3CC(Cn4ccnc4C)C3)nc12. The Morgan fingerprint density at radius 1 is 1.36 bits per heavy atom. The summed E-state index contributed by atoms with van der Waals surface area (Å²) in [6.07, 6.45) is 6.06. The van der Waals surface area contributed by atoms with Crippen molar-refractivity contribution in [2.45, 2.75) is 18.4 Å². The molecule has 114 valence electrons. The molecule has 0 aliphatic carbocycles. The first-order valence-corrected chi connectivity index (χ1v) is 9.45. The van der Waals surface area contributed by atoms with Crippen LogP contribution in [-0.2, 0) is 6.54 Å². The van der Waals surface area contributed by atoms with Crippen molar-refractivity contribution in [3.05, 3.63) is 36.4 Å². The number of thioether (sulfide) groups is 1. The van der Waals surface area contributed by atoms with Gasteiger partial charge in [-0.25, -0.2) is 9.97 Å². The highest BCUT2D eigenvalue weighted by Gasteiger charge is 2.29. The second-order valence-corrected chi connectivity index (χ2v) is 7.56. The molecular weight excluding hydrogens is 312 g/mol. The fourth-order valence-electron chi connectivity index (χ4n) is 2.93. The Hall–Kier alpha value is -1.53. The predicted octanol–water partition coefficient (Wildman–Crippen LogP) is 3.66. The number of hydrogen-bond donors (Lipinski definition) is 0. The van der Waals surface area contributed by atoms with Crippen LogP contribution < -0.4 is 4.90 Å². The largest absolute Gasteiger partial charge is 0.347 e. The molecule has 4 nitrogen and oxygen atoms in total. The minimum absolute atomic E-state index is 0.694. The van der Waals surface area contributed by atoms with E-state index in [1.807, 2.05) is 6.20 Å². The molecule has 3 aromatic rings. The topological polar surface area (TPSA) is 34.0 Å². The van der Waals surface area contributed by atoms with Crippen LogP contribution in [0.2, 0.25) is 0 Å². The molecular formula is C16H18N4S2. The monoisotopic (exact) mass is 330 g/mol. The summed E-state index contributed by atoms with van der Waals surface area (Å²) in [6, 6.07) is 6.44. The molecule has 3 heterocycles. The summed E-state index contributed by atoms with van der Waals surface area (Å²) in [4.78, 5) is 12.8. The van der Waals surface area contributed by atoms with Crippen molar-refractivity contribution in [3.8, 4) is 0 Å². The zero-order valence-corrected chi connectivity index (χ0v) is 14.3. The molecule has 0 radical (unpaired) electrons. The summed E-state index contributed by atoms with van der Waals surface area (Å²) >= 11 is 3.58. The maximum atomic E-state index is 4.86. The van der Waals surface area contributed by atoms with E-state index in [0.717, 1.165) is 36.1 Å². The van der Waals surface area contributed by atoms with Crippen molar-refractivity contribution in [1.29, 1.82) is 0 Å². The molecule has 0 amide bonds. The van der Waals surface area contributed by atoms with E-state index >= 15 is 0 Å². The summed E-state index contributed by atoms with van der Waals surface area (Å²) in [5, 5.41) is 1.16. The molecule has 0 atom stereocenters. The van der Waals surface area contributed by atoms with Crippen LogP contribution in [0.1, 0.15) is 5.82 Å². The summed E-state index contributed by atoms with van der Waals surface area (Å²) in [5.41, 5.74) is 1.16. The molecule has 0 saturated carbocycles. The number of imidazole rings is 1. The summed E-state index contributed by atoms with van der Waals surface area (Å²) < 4.78 is 3.53. The van der Waals surface area contributed by atoms with E-state index in [4.69, 9.17) is 4.98 Å². The molecule has 6 heteroatoms. The van der Waals surface area contributed by atoms with Crippen LogP contribution >= 0.6 is 23.1 Å². The highest BCUT2D eigenvalue weighted by molar-refractivity contribution is 7.98. The van der Waals surface area contributed by atoms with E-state index in [1.54, 1.807) is 23.1 Å². The zero-order valence-electron chi connectivity index (χ0n) is 12.7. The van der Waals surface area contributed by atoms with Gasteiger partial charge in [0.1, 0.15) is 5.82 Å². The Morgan fingerprint density at radius 3 is 2.95 bits per heavy atom. The van der Waals surface area contributed by atoms with Gasteiger partial charge in [0, 0.05) is 42.8 Å². The van der Waals surface area contributed by atoms with Crippen LogP contribution in [0.15, 0.2) is 35.5 Å². The third-order valence-corrected chi connectivity index (χ3v) is 6.05. The normalized spacial score (nSPS) is 15.5. The summed E-state index contributed by atoms with van der Waals surface area (Å²) in [7, 11) is 0. The third kappa shape index (κ3) is 2.40. The molecule has 1 saturated heterocycles. The first-order valence-electron chi connectivity index (χ1n) is 7.41. The van der Waals surface area contributed by atoms with Gasteiger partial charge in [-0.3, -0.25) is 0 Å². The van der Waals surface area contributed by atoms with Crippen LogP contribution in [0.4, 0.5) is 5.13 Å². The standard InChI is InChI=1S/C16H18N4S2/c1-11-17-6-7-19(11)8-12-9-20(10-12)16-18-15-13(21-2)4-3-5-14(15)22-16/h3-7,12H,8-10H2,1-2H3. The molecule has 4 rings (SSSR count). The Morgan fingerprint density at radius 2 is 2.23 bits per heavy atom. The van der Waals surface area contributed by atoms with E-state index in [-0.39, 0.29) is 0 Å². The van der Waals surface area contributed by atoms with Gasteiger partial charge in [0.2, 0.25) is 0 Å². The minimum atomic E-state index is 0.694. The molecule has 22 heavy (non-hydrogen) atoms. The number of hydrogen-bond acceptors (Lipinski definition) is 5. The lowest BCUT2D eigenvalue weighted by Gasteiger charge is -2.39. The molecule has 1 aliphatic heterocycles. The quantitative estimate of drug-likeness (QED) is 0.684. The predicted molar refractivity (Wildman–Crippen MR) is 94.1 cm³/mol. The minimum Gasteiger partial charge on any atom is -0.347 e. The van der Waals surface area contributed by atoms with Crippen molar-refractivity contribution in [1.82, 2.24) is 14.5 Å². The molecule has 0 bridgehead atoms. The molecule has 1 aliphatic rings. The Balaban J connectivity index is 1.47. The van der Waals surface area contributed by atoms with Gasteiger partial charge in [-0.05, 0) is 25.3 Å². The van der Waals surface area contributed by atoms with Gasteiger partial charge < -0.3 is 9.47 Å². The maximum absolute atomic E-state index is 4.86. The van der Waals surface area contributed by atoms with Gasteiger partial charge in [-0.2, -0.15) is 0 Å². The molecule has 2 aromatic heterocycles. The van der Waals surface area contributed by atoms with Gasteiger partial charge in [0.25, 0.3) is 0 Å². The average Bonchev–Trinajstić information content (AvgIpc) is 3.07. The van der Waals surface area contributed by atoms with Crippen molar-refractivity contribution < 1.29 is 0 Å². The lowest BCUT2D eigenvalue weighted by atomic mass is 10.0. The number of para-hydroxylation sites is 1. The number of aromatic nitrogens is 3. The van der Waals surface area contributed by atoms with Crippen LogP contribution in [0, 0.1) is 12.8 Å². The van der Waals surface area contributed by atoms with Gasteiger partial charge in [0.05, 0.1) is 10.2 Å².